The molecular formula is C12H11ClF2IN4P. The molecule has 0 aliphatic rings. The fraction of sp³-hybridized carbons (Fsp3) is 0.167. The first kappa shape index (κ1) is 16.6. The second kappa shape index (κ2) is 6.98. The van der Waals surface area contributed by atoms with E-state index in [9.17, 15) is 8.78 Å². The molecule has 9 heteroatoms. The molecule has 0 aliphatic heterocycles. The zero-order valence-corrected chi connectivity index (χ0v) is 14.8. The summed E-state index contributed by atoms with van der Waals surface area (Å²) in [6.07, 6.45) is 0.763. The average molecular weight is 443 g/mol. The Kier molecular flexibility index (Phi) is 5.51. The minimum Gasteiger partial charge on any atom is -0.357 e. The number of anilines is 1. The monoisotopic (exact) mass is 442 g/mol. The highest BCUT2D eigenvalue weighted by Crippen LogP contribution is 2.37. The molecule has 0 aromatic carbocycles. The fourth-order valence-electron chi connectivity index (χ4n) is 1.79. The quantitative estimate of drug-likeness (QED) is 0.295. The van der Waals surface area contributed by atoms with E-state index in [1.807, 2.05) is 29.0 Å². The van der Waals surface area contributed by atoms with Crippen molar-refractivity contribution in [1.29, 1.82) is 0 Å². The molecule has 2 aromatic heterocycles. The molecule has 0 aliphatic carbocycles. The third-order valence-electron chi connectivity index (χ3n) is 2.59. The van der Waals surface area contributed by atoms with Crippen LogP contribution in [0.25, 0.3) is 11.2 Å². The van der Waals surface area contributed by atoms with Crippen molar-refractivity contribution in [3.05, 3.63) is 41.5 Å². The van der Waals surface area contributed by atoms with E-state index in [-0.39, 0.29) is 17.4 Å². The summed E-state index contributed by atoms with van der Waals surface area (Å²) in [4.78, 5) is 8.13. The number of imidazole rings is 1. The van der Waals surface area contributed by atoms with Crippen LogP contribution < -0.4 is 5.32 Å². The van der Waals surface area contributed by atoms with Crippen molar-refractivity contribution in [2.24, 2.45) is 0 Å². The number of nitrogens with one attached hydrogen (secondary N) is 1. The van der Waals surface area contributed by atoms with Gasteiger partial charge in [0.2, 0.25) is 0 Å². The number of rotatable bonds is 5. The highest BCUT2D eigenvalue weighted by atomic mass is 127. The summed E-state index contributed by atoms with van der Waals surface area (Å²) in [5, 5.41) is 3.29. The number of hydrogen-bond acceptors (Lipinski definition) is 3. The first-order valence-electron chi connectivity index (χ1n) is 5.78. The Labute approximate surface area is 140 Å². The van der Waals surface area contributed by atoms with Crippen LogP contribution in [0.1, 0.15) is 19.2 Å². The maximum atomic E-state index is 13.1. The zero-order valence-electron chi connectivity index (χ0n) is 10.9. The van der Waals surface area contributed by atoms with Crippen LogP contribution in [0, 0.1) is 0 Å². The van der Waals surface area contributed by atoms with Gasteiger partial charge in [-0.2, -0.15) is 0 Å². The van der Waals surface area contributed by atoms with Crippen molar-refractivity contribution in [2.45, 2.75) is 13.3 Å². The molecule has 0 amide bonds. The van der Waals surface area contributed by atoms with Crippen LogP contribution in [0.4, 0.5) is 14.5 Å². The minimum absolute atomic E-state index is 0.0533. The first-order chi connectivity index (χ1) is 9.97. The van der Waals surface area contributed by atoms with Gasteiger partial charge in [0.15, 0.2) is 11.5 Å². The van der Waals surface area contributed by atoms with E-state index in [4.69, 9.17) is 11.6 Å². The van der Waals surface area contributed by atoms with Crippen LogP contribution in [-0.2, 0) is 0 Å². The summed E-state index contributed by atoms with van der Waals surface area (Å²) in [7, 11) is 0. The lowest BCUT2D eigenvalue weighted by Crippen LogP contribution is -1.97. The number of hydrogen-bond donors (Lipinski definition) is 1. The molecule has 0 radical (unpaired) electrons. The molecule has 2 rings (SSSR count). The van der Waals surface area contributed by atoms with Gasteiger partial charge in [0, 0.05) is 11.8 Å². The molecule has 0 fully saturated rings. The summed E-state index contributed by atoms with van der Waals surface area (Å²) in [5.41, 5.74) is 2.05. The molecule has 0 bridgehead atoms. The van der Waals surface area contributed by atoms with E-state index in [1.165, 1.54) is 4.34 Å². The summed E-state index contributed by atoms with van der Waals surface area (Å²) < 4.78 is 27.5. The lowest BCUT2D eigenvalue weighted by Gasteiger charge is -2.07. The van der Waals surface area contributed by atoms with E-state index in [2.05, 4.69) is 21.9 Å². The summed E-state index contributed by atoms with van der Waals surface area (Å²) >= 11 is 7.99. The maximum Gasteiger partial charge on any atom is 0.295 e. The number of allylic oxidation sites excluding steroid dienone is 3. The van der Waals surface area contributed by atoms with Gasteiger partial charge in [-0.1, -0.05) is 24.3 Å². The SMILES string of the molecule is C=C/C=C(\C)Nc1cc(Cl)nc2c1nc(C(F)F)n2PI. The van der Waals surface area contributed by atoms with Gasteiger partial charge in [0.25, 0.3) is 6.43 Å². The first-order valence-corrected chi connectivity index (χ1v) is 10.2. The number of fused-ring (bicyclic) bond motifs is 1. The Bertz CT molecular complexity index is 717. The third-order valence-corrected chi connectivity index (χ3v) is 4.84. The van der Waals surface area contributed by atoms with Gasteiger partial charge in [-0.25, -0.2) is 18.7 Å². The maximum absolute atomic E-state index is 13.1. The predicted molar refractivity (Wildman–Crippen MR) is 92.8 cm³/mol. The van der Waals surface area contributed by atoms with Crippen molar-refractivity contribution in [2.75, 3.05) is 5.32 Å². The number of aromatic nitrogens is 3. The molecule has 21 heavy (non-hydrogen) atoms. The Morgan fingerprint density at radius 1 is 1.57 bits per heavy atom. The number of halogens is 4. The molecule has 1 atom stereocenters. The van der Waals surface area contributed by atoms with E-state index in [1.54, 1.807) is 18.2 Å². The standard InChI is InChI=1S/C12H11ClF2IN4P/c1-3-4-6(2)17-7-5-8(13)18-11-9(7)19-12(10(14)15)20(11)21-16/h3-5,10,21H,1H2,2H3,(H,17,18)/b6-4+. The van der Waals surface area contributed by atoms with Crippen molar-refractivity contribution in [3.8, 4) is 0 Å². The smallest absolute Gasteiger partial charge is 0.295 e. The zero-order chi connectivity index (χ0) is 15.6. The molecule has 1 unspecified atom stereocenters. The van der Waals surface area contributed by atoms with Crippen LogP contribution in [0.5, 0.6) is 0 Å². The molecule has 0 saturated heterocycles. The highest BCUT2D eigenvalue weighted by Gasteiger charge is 2.21. The van der Waals surface area contributed by atoms with Crippen molar-refractivity contribution >= 4 is 56.9 Å². The lowest BCUT2D eigenvalue weighted by atomic mass is 10.3. The molecule has 0 saturated carbocycles. The van der Waals surface area contributed by atoms with Crippen LogP contribution in [0.15, 0.2) is 30.5 Å². The molecule has 2 heterocycles. The third kappa shape index (κ3) is 3.52. The van der Waals surface area contributed by atoms with Gasteiger partial charge in [0.1, 0.15) is 10.7 Å². The summed E-state index contributed by atoms with van der Waals surface area (Å²) in [6.45, 7) is 5.43. The van der Waals surface area contributed by atoms with E-state index in [0.717, 1.165) is 5.70 Å². The lowest BCUT2D eigenvalue weighted by molar-refractivity contribution is 0.140. The second-order valence-electron chi connectivity index (χ2n) is 4.07. The summed E-state index contributed by atoms with van der Waals surface area (Å²) in [5.74, 6) is -0.305. The van der Waals surface area contributed by atoms with Crippen molar-refractivity contribution < 1.29 is 8.78 Å². The Balaban J connectivity index is 2.66. The fourth-order valence-corrected chi connectivity index (χ4v) is 3.88. The Hall–Kier alpha value is -0.790. The van der Waals surface area contributed by atoms with Crippen LogP contribution >= 0.6 is 40.0 Å². The predicted octanol–water partition coefficient (Wildman–Crippen LogP) is 5.32. The molecule has 4 nitrogen and oxygen atoms in total. The molecular weight excluding hydrogens is 431 g/mol. The summed E-state index contributed by atoms with van der Waals surface area (Å²) in [6, 6.07) is 1.56. The van der Waals surface area contributed by atoms with Gasteiger partial charge in [0.05, 0.1) is 12.1 Å². The Morgan fingerprint density at radius 2 is 2.29 bits per heavy atom. The van der Waals surface area contributed by atoms with Gasteiger partial charge >= 0.3 is 0 Å². The number of alkyl halides is 2. The van der Waals surface area contributed by atoms with Gasteiger partial charge in [-0.05, 0) is 35.0 Å². The van der Waals surface area contributed by atoms with Crippen molar-refractivity contribution in [1.82, 2.24) is 14.3 Å². The largest absolute Gasteiger partial charge is 0.357 e. The van der Waals surface area contributed by atoms with E-state index in [0.29, 0.717) is 16.9 Å². The highest BCUT2D eigenvalue weighted by molar-refractivity contribution is 14.2. The van der Waals surface area contributed by atoms with Gasteiger partial charge < -0.3 is 5.32 Å². The van der Waals surface area contributed by atoms with Crippen LogP contribution in [0.3, 0.4) is 0 Å². The van der Waals surface area contributed by atoms with Gasteiger partial charge in [-0.15, -0.1) is 0 Å². The normalized spacial score (nSPS) is 12.8. The van der Waals surface area contributed by atoms with Crippen LogP contribution in [0.2, 0.25) is 5.15 Å². The number of pyridine rings is 1. The minimum atomic E-state index is -2.67. The second-order valence-corrected chi connectivity index (χ2v) is 6.52. The topological polar surface area (TPSA) is 42.7 Å². The van der Waals surface area contributed by atoms with Crippen molar-refractivity contribution in [3.63, 3.8) is 0 Å². The average Bonchev–Trinajstić information content (AvgIpc) is 2.77. The molecule has 0 spiro atoms. The molecule has 112 valence electrons. The van der Waals surface area contributed by atoms with Gasteiger partial charge in [-0.3, -0.25) is 4.34 Å². The number of nitrogens with zero attached hydrogens (tertiary/aromatic N) is 3. The molecule has 2 aromatic rings. The van der Waals surface area contributed by atoms with Crippen LogP contribution in [-0.4, -0.2) is 14.3 Å². The molecule has 1 N–H and O–H groups in total. The Morgan fingerprint density at radius 3 is 2.86 bits per heavy atom. The van der Waals surface area contributed by atoms with E-state index >= 15 is 0 Å². The van der Waals surface area contributed by atoms with E-state index < -0.39 is 6.43 Å².